The molecule has 1 fully saturated rings. The van der Waals surface area contributed by atoms with E-state index in [1.165, 1.54) is 0 Å². The molecular weight excluding hydrogens is 322 g/mol. The third-order valence-electron chi connectivity index (χ3n) is 4.72. The van der Waals surface area contributed by atoms with Crippen molar-refractivity contribution in [3.63, 3.8) is 0 Å². The largest absolute Gasteiger partial charge is 0.494 e. The predicted molar refractivity (Wildman–Crippen MR) is 97.9 cm³/mol. The highest BCUT2D eigenvalue weighted by Crippen LogP contribution is 2.36. The summed E-state index contributed by atoms with van der Waals surface area (Å²) in [7, 11) is -0.347. The summed E-state index contributed by atoms with van der Waals surface area (Å²) in [6, 6.07) is 15.5. The zero-order valence-corrected chi connectivity index (χ0v) is 15.3. The van der Waals surface area contributed by atoms with Gasteiger partial charge in [0.15, 0.2) is 0 Å². The van der Waals surface area contributed by atoms with Gasteiger partial charge in [-0.15, -0.1) is 0 Å². The van der Waals surface area contributed by atoms with Crippen molar-refractivity contribution >= 4 is 24.2 Å². The summed E-state index contributed by atoms with van der Waals surface area (Å²) in [5, 5.41) is 0.727. The number of rotatable bonds is 4. The van der Waals surface area contributed by atoms with Gasteiger partial charge in [0.25, 0.3) is 0 Å². The van der Waals surface area contributed by atoms with Crippen LogP contribution < -0.4 is 10.2 Å². The molecule has 24 heavy (non-hydrogen) atoms. The van der Waals surface area contributed by atoms with E-state index in [4.69, 9.17) is 25.6 Å². The van der Waals surface area contributed by atoms with Gasteiger partial charge in [0.2, 0.25) is 0 Å². The number of benzene rings is 2. The molecule has 0 radical (unpaired) electrons. The van der Waals surface area contributed by atoms with E-state index >= 15 is 0 Å². The van der Waals surface area contributed by atoms with Gasteiger partial charge in [-0.2, -0.15) is 0 Å². The highest BCUT2D eigenvalue weighted by molar-refractivity contribution is 6.62. The molecule has 0 unspecified atom stereocenters. The van der Waals surface area contributed by atoms with Crippen LogP contribution in [0.2, 0.25) is 5.02 Å². The van der Waals surface area contributed by atoms with Crippen LogP contribution in [0, 0.1) is 0 Å². The first-order chi connectivity index (χ1) is 11.3. The summed E-state index contributed by atoms with van der Waals surface area (Å²) < 4.78 is 17.9. The summed E-state index contributed by atoms with van der Waals surface area (Å²) >= 11 is 5.88. The third kappa shape index (κ3) is 3.61. The molecule has 1 saturated heterocycles. The summed E-state index contributed by atoms with van der Waals surface area (Å²) in [4.78, 5) is 0. The smallest absolute Gasteiger partial charge is 0.489 e. The molecule has 0 atom stereocenters. The Kier molecular flexibility index (Phi) is 4.65. The SMILES string of the molecule is CC1(C)OB(c2ccc(OCc3ccc(Cl)cc3)cc2)OC1(C)C. The molecule has 1 aliphatic rings. The van der Waals surface area contributed by atoms with E-state index in [2.05, 4.69) is 27.7 Å². The molecule has 5 heteroatoms. The van der Waals surface area contributed by atoms with Gasteiger partial charge in [-0.25, -0.2) is 0 Å². The quantitative estimate of drug-likeness (QED) is 0.777. The number of hydrogen-bond acceptors (Lipinski definition) is 3. The Morgan fingerprint density at radius 3 is 1.96 bits per heavy atom. The van der Waals surface area contributed by atoms with Crippen molar-refractivity contribution in [2.45, 2.75) is 45.5 Å². The van der Waals surface area contributed by atoms with E-state index in [0.717, 1.165) is 21.8 Å². The van der Waals surface area contributed by atoms with Crippen LogP contribution >= 0.6 is 11.6 Å². The fourth-order valence-electron chi connectivity index (χ4n) is 2.45. The summed E-state index contributed by atoms with van der Waals surface area (Å²) in [6.07, 6.45) is 0. The van der Waals surface area contributed by atoms with Gasteiger partial charge in [0.05, 0.1) is 11.2 Å². The standard InChI is InChI=1S/C19H22BClO3/c1-18(2)19(3,4)24-20(23-18)15-7-11-17(12-8-15)22-13-14-5-9-16(21)10-6-14/h5-12H,13H2,1-4H3. The molecule has 0 amide bonds. The van der Waals surface area contributed by atoms with Crippen molar-refractivity contribution in [3.05, 3.63) is 59.1 Å². The summed E-state index contributed by atoms with van der Waals surface area (Å²) in [5.74, 6) is 0.810. The lowest BCUT2D eigenvalue weighted by Gasteiger charge is -2.32. The van der Waals surface area contributed by atoms with Crippen LogP contribution in [-0.2, 0) is 15.9 Å². The molecule has 1 heterocycles. The molecule has 0 bridgehead atoms. The Labute approximate surface area is 149 Å². The number of hydrogen-bond donors (Lipinski definition) is 0. The van der Waals surface area contributed by atoms with Gasteiger partial charge in [-0.05, 0) is 63.0 Å². The minimum Gasteiger partial charge on any atom is -0.489 e. The molecule has 0 N–H and O–H groups in total. The Hall–Kier alpha value is -1.49. The third-order valence-corrected chi connectivity index (χ3v) is 4.98. The maximum absolute atomic E-state index is 6.05. The lowest BCUT2D eigenvalue weighted by atomic mass is 9.79. The molecule has 0 aliphatic carbocycles. The Bertz CT molecular complexity index is 680. The van der Waals surface area contributed by atoms with E-state index in [9.17, 15) is 0 Å². The number of ether oxygens (including phenoxy) is 1. The van der Waals surface area contributed by atoms with E-state index in [1.54, 1.807) is 0 Å². The zero-order valence-electron chi connectivity index (χ0n) is 14.5. The van der Waals surface area contributed by atoms with Gasteiger partial charge in [0, 0.05) is 5.02 Å². The predicted octanol–water partition coefficient (Wildman–Crippen LogP) is 4.22. The topological polar surface area (TPSA) is 27.7 Å². The second-order valence-corrected chi connectivity index (χ2v) is 7.51. The van der Waals surface area contributed by atoms with E-state index in [0.29, 0.717) is 6.61 Å². The molecule has 3 nitrogen and oxygen atoms in total. The lowest BCUT2D eigenvalue weighted by Crippen LogP contribution is -2.41. The number of halogens is 1. The van der Waals surface area contributed by atoms with Gasteiger partial charge in [-0.3, -0.25) is 0 Å². The molecule has 2 aromatic rings. The minimum atomic E-state index is -0.347. The van der Waals surface area contributed by atoms with Crippen LogP contribution in [0.3, 0.4) is 0 Å². The van der Waals surface area contributed by atoms with Crippen molar-refractivity contribution in [1.29, 1.82) is 0 Å². The molecular formula is C19H22BClO3. The first-order valence-electron chi connectivity index (χ1n) is 8.10. The highest BCUT2D eigenvalue weighted by atomic mass is 35.5. The van der Waals surface area contributed by atoms with Gasteiger partial charge in [-0.1, -0.05) is 35.9 Å². The molecule has 1 aliphatic heterocycles. The Morgan fingerprint density at radius 1 is 0.875 bits per heavy atom. The Balaban J connectivity index is 1.63. The van der Waals surface area contributed by atoms with E-state index < -0.39 is 0 Å². The monoisotopic (exact) mass is 344 g/mol. The fraction of sp³-hybridized carbons (Fsp3) is 0.368. The molecule has 0 aromatic heterocycles. The van der Waals surface area contributed by atoms with Crippen molar-refractivity contribution in [3.8, 4) is 5.75 Å². The molecule has 126 valence electrons. The average Bonchev–Trinajstić information content (AvgIpc) is 2.75. The Morgan fingerprint density at radius 2 is 1.42 bits per heavy atom. The zero-order chi connectivity index (χ0) is 17.4. The van der Waals surface area contributed by atoms with E-state index in [-0.39, 0.29) is 18.3 Å². The molecule has 0 saturated carbocycles. The first-order valence-corrected chi connectivity index (χ1v) is 8.47. The highest BCUT2D eigenvalue weighted by Gasteiger charge is 2.51. The van der Waals surface area contributed by atoms with Crippen LogP contribution in [0.25, 0.3) is 0 Å². The van der Waals surface area contributed by atoms with Crippen molar-refractivity contribution < 1.29 is 14.0 Å². The van der Waals surface area contributed by atoms with Crippen LogP contribution in [0.4, 0.5) is 0 Å². The first kappa shape index (κ1) is 17.3. The average molecular weight is 345 g/mol. The van der Waals surface area contributed by atoms with E-state index in [1.807, 2.05) is 48.5 Å². The van der Waals surface area contributed by atoms with Crippen LogP contribution in [0.15, 0.2) is 48.5 Å². The summed E-state index contributed by atoms with van der Waals surface area (Å²) in [6.45, 7) is 8.72. The van der Waals surface area contributed by atoms with Crippen molar-refractivity contribution in [2.75, 3.05) is 0 Å². The maximum Gasteiger partial charge on any atom is 0.494 e. The van der Waals surface area contributed by atoms with Gasteiger partial charge < -0.3 is 14.0 Å². The molecule has 2 aromatic carbocycles. The molecule has 0 spiro atoms. The van der Waals surface area contributed by atoms with Crippen LogP contribution in [-0.4, -0.2) is 18.3 Å². The maximum atomic E-state index is 6.05. The van der Waals surface area contributed by atoms with Crippen molar-refractivity contribution in [1.82, 2.24) is 0 Å². The van der Waals surface area contributed by atoms with Crippen LogP contribution in [0.5, 0.6) is 5.75 Å². The van der Waals surface area contributed by atoms with Gasteiger partial charge >= 0.3 is 7.12 Å². The fourth-order valence-corrected chi connectivity index (χ4v) is 2.57. The van der Waals surface area contributed by atoms with Crippen molar-refractivity contribution in [2.24, 2.45) is 0 Å². The van der Waals surface area contributed by atoms with Crippen LogP contribution in [0.1, 0.15) is 33.3 Å². The summed E-state index contributed by atoms with van der Waals surface area (Å²) in [5.41, 5.74) is 1.41. The minimum absolute atomic E-state index is 0.332. The normalized spacial score (nSPS) is 18.6. The lowest BCUT2D eigenvalue weighted by molar-refractivity contribution is 0.00578. The second kappa shape index (κ2) is 6.43. The van der Waals surface area contributed by atoms with Gasteiger partial charge in [0.1, 0.15) is 12.4 Å². The molecule has 3 rings (SSSR count). The second-order valence-electron chi connectivity index (χ2n) is 7.07.